The number of carbonyl (C=O) groups excluding carboxylic acids is 2. The highest BCUT2D eigenvalue weighted by Gasteiger charge is 2.46. The first-order chi connectivity index (χ1) is 13.5. The number of H-pyrrole nitrogens is 1. The summed E-state index contributed by atoms with van der Waals surface area (Å²) < 4.78 is 16.9. The molecule has 1 aromatic rings. The van der Waals surface area contributed by atoms with Gasteiger partial charge in [0.1, 0.15) is 11.7 Å². The van der Waals surface area contributed by atoms with E-state index in [0.717, 1.165) is 10.6 Å². The van der Waals surface area contributed by atoms with Crippen LogP contribution in [0.3, 0.4) is 0 Å². The zero-order valence-corrected chi connectivity index (χ0v) is 16.8. The van der Waals surface area contributed by atoms with Crippen LogP contribution in [0.2, 0.25) is 0 Å². The molecule has 1 aromatic heterocycles. The fraction of sp³-hybridized carbons (Fsp3) is 0.667. The second kappa shape index (κ2) is 9.23. The van der Waals surface area contributed by atoms with Crippen molar-refractivity contribution in [1.29, 1.82) is 0 Å². The molecule has 0 bridgehead atoms. The highest BCUT2D eigenvalue weighted by Crippen LogP contribution is 2.31. The van der Waals surface area contributed by atoms with E-state index in [1.807, 2.05) is 0 Å². The number of hydrogen-bond donors (Lipinski definition) is 3. The van der Waals surface area contributed by atoms with Crippen molar-refractivity contribution < 1.29 is 28.9 Å². The fourth-order valence-corrected chi connectivity index (χ4v) is 2.96. The molecular weight excluding hydrogens is 386 g/mol. The molecule has 0 radical (unpaired) electrons. The highest BCUT2D eigenvalue weighted by atomic mass is 16.6. The molecule has 3 N–H and O–H groups in total. The lowest BCUT2D eigenvalue weighted by atomic mass is 10.0. The maximum atomic E-state index is 12.2. The average molecular weight is 413 g/mol. The van der Waals surface area contributed by atoms with Gasteiger partial charge in [-0.3, -0.25) is 19.1 Å². The van der Waals surface area contributed by atoms with Gasteiger partial charge in [0.15, 0.2) is 6.23 Å². The molecule has 4 atom stereocenters. The fourth-order valence-electron chi connectivity index (χ4n) is 2.96. The minimum Gasteiger partial charge on any atom is -0.466 e. The van der Waals surface area contributed by atoms with Crippen LogP contribution < -0.4 is 16.6 Å². The van der Waals surface area contributed by atoms with Crippen LogP contribution in [0, 0.1) is 0 Å². The first-order valence-electron chi connectivity index (χ1n) is 9.32. The molecule has 1 amide bonds. The Kier molecular flexibility index (Phi) is 7.20. The third-order valence-corrected chi connectivity index (χ3v) is 4.12. The number of nitrogens with zero attached hydrogens (tertiary/aromatic N) is 1. The second-order valence-corrected chi connectivity index (χ2v) is 7.59. The highest BCUT2D eigenvalue weighted by molar-refractivity contribution is 5.69. The number of esters is 1. The van der Waals surface area contributed by atoms with Crippen LogP contribution in [0.5, 0.6) is 0 Å². The largest absolute Gasteiger partial charge is 0.466 e. The molecule has 162 valence electrons. The number of aromatic amines is 1. The molecule has 11 heteroatoms. The van der Waals surface area contributed by atoms with Crippen LogP contribution in [-0.2, 0) is 19.0 Å². The van der Waals surface area contributed by atoms with Crippen LogP contribution in [0.15, 0.2) is 21.9 Å². The zero-order valence-electron chi connectivity index (χ0n) is 16.8. The van der Waals surface area contributed by atoms with Gasteiger partial charge in [0.2, 0.25) is 0 Å². The van der Waals surface area contributed by atoms with E-state index in [4.69, 9.17) is 14.2 Å². The Bertz CT molecular complexity index is 840. The van der Waals surface area contributed by atoms with Crippen molar-refractivity contribution in [3.05, 3.63) is 33.1 Å². The molecule has 0 aromatic carbocycles. The molecule has 0 unspecified atom stereocenters. The predicted octanol–water partition coefficient (Wildman–Crippen LogP) is 0.0315. The van der Waals surface area contributed by atoms with Crippen molar-refractivity contribution >= 4 is 12.1 Å². The van der Waals surface area contributed by atoms with E-state index in [1.165, 1.54) is 6.20 Å². The molecule has 1 aliphatic heterocycles. The van der Waals surface area contributed by atoms with Gasteiger partial charge in [0.05, 0.1) is 18.8 Å². The number of rotatable bonds is 6. The zero-order chi connectivity index (χ0) is 21.8. The number of aromatic nitrogens is 2. The number of amides is 1. The summed E-state index contributed by atoms with van der Waals surface area (Å²) in [6.07, 6.45) is -2.78. The summed E-state index contributed by atoms with van der Waals surface area (Å²) in [6.45, 7) is 6.97. The summed E-state index contributed by atoms with van der Waals surface area (Å²) in [5.74, 6) is -0.453. The normalized spacial score (nSPS) is 24.2. The Labute approximate surface area is 167 Å². The Morgan fingerprint density at radius 1 is 1.34 bits per heavy atom. The minimum absolute atomic E-state index is 0.00896. The molecule has 0 aliphatic carbocycles. The van der Waals surface area contributed by atoms with E-state index in [1.54, 1.807) is 27.7 Å². The van der Waals surface area contributed by atoms with Crippen molar-refractivity contribution in [2.75, 3.05) is 6.61 Å². The lowest BCUT2D eigenvalue weighted by Crippen LogP contribution is -2.49. The van der Waals surface area contributed by atoms with E-state index in [2.05, 4.69) is 10.3 Å². The Balaban J connectivity index is 2.22. The maximum absolute atomic E-state index is 12.2. The number of nitrogens with one attached hydrogen (secondary N) is 2. The maximum Gasteiger partial charge on any atom is 0.408 e. The molecule has 1 aliphatic rings. The summed E-state index contributed by atoms with van der Waals surface area (Å²) >= 11 is 0. The molecular formula is C18H27N3O8. The van der Waals surface area contributed by atoms with E-state index < -0.39 is 53.4 Å². The van der Waals surface area contributed by atoms with Crippen molar-refractivity contribution in [3.63, 3.8) is 0 Å². The molecule has 2 heterocycles. The van der Waals surface area contributed by atoms with E-state index in [-0.39, 0.29) is 19.4 Å². The van der Waals surface area contributed by atoms with Gasteiger partial charge < -0.3 is 24.6 Å². The van der Waals surface area contributed by atoms with Gasteiger partial charge in [0.25, 0.3) is 5.56 Å². The van der Waals surface area contributed by atoms with Crippen molar-refractivity contribution in [2.24, 2.45) is 0 Å². The number of hydrogen-bond acceptors (Lipinski definition) is 8. The Hall–Kier alpha value is -2.66. The van der Waals surface area contributed by atoms with Gasteiger partial charge in [-0.05, 0) is 34.1 Å². The third kappa shape index (κ3) is 6.16. The van der Waals surface area contributed by atoms with Gasteiger partial charge in [-0.2, -0.15) is 0 Å². The first-order valence-corrected chi connectivity index (χ1v) is 9.32. The molecule has 29 heavy (non-hydrogen) atoms. The van der Waals surface area contributed by atoms with Crippen LogP contribution in [0.1, 0.15) is 46.8 Å². The van der Waals surface area contributed by atoms with Crippen molar-refractivity contribution in [1.82, 2.24) is 14.9 Å². The standard InChI is InChI=1S/C18H27N3O8/c1-5-27-12(23)7-6-10-13(20-17(26)29-18(2,3)4)14(24)15(28-10)21-9-8-11(22)19-16(21)25/h8-10,13-15,24H,5-7H2,1-4H3,(H,20,26)(H,19,22,25)/t10-,13-,14-,15-/m1/s1. The average Bonchev–Trinajstić information content (AvgIpc) is 2.88. The smallest absolute Gasteiger partial charge is 0.408 e. The van der Waals surface area contributed by atoms with Crippen LogP contribution in [-0.4, -0.2) is 57.2 Å². The van der Waals surface area contributed by atoms with Gasteiger partial charge in [-0.25, -0.2) is 9.59 Å². The lowest BCUT2D eigenvalue weighted by Gasteiger charge is -2.25. The van der Waals surface area contributed by atoms with E-state index in [0.29, 0.717) is 0 Å². The van der Waals surface area contributed by atoms with Gasteiger partial charge in [-0.15, -0.1) is 0 Å². The number of alkyl carbamates (subject to hydrolysis) is 1. The van der Waals surface area contributed by atoms with Crippen LogP contribution >= 0.6 is 0 Å². The van der Waals surface area contributed by atoms with Gasteiger partial charge in [-0.1, -0.05) is 0 Å². The molecule has 11 nitrogen and oxygen atoms in total. The summed E-state index contributed by atoms with van der Waals surface area (Å²) in [5.41, 5.74) is -2.13. The quantitative estimate of drug-likeness (QED) is 0.553. The number of carbonyl (C=O) groups is 2. The van der Waals surface area contributed by atoms with Crippen molar-refractivity contribution in [3.8, 4) is 0 Å². The molecule has 0 saturated carbocycles. The summed E-state index contributed by atoms with van der Waals surface area (Å²) in [5, 5.41) is 13.3. The lowest BCUT2D eigenvalue weighted by molar-refractivity contribution is -0.144. The molecule has 2 rings (SSSR count). The number of aliphatic hydroxyl groups is 1. The van der Waals surface area contributed by atoms with Crippen LogP contribution in [0.25, 0.3) is 0 Å². The number of aliphatic hydroxyl groups excluding tert-OH is 1. The molecule has 1 saturated heterocycles. The van der Waals surface area contributed by atoms with Gasteiger partial charge >= 0.3 is 17.8 Å². The molecule has 0 spiro atoms. The molecule has 1 fully saturated rings. The summed E-state index contributed by atoms with van der Waals surface area (Å²) in [7, 11) is 0. The third-order valence-electron chi connectivity index (χ3n) is 4.12. The van der Waals surface area contributed by atoms with Crippen LogP contribution in [0.4, 0.5) is 4.79 Å². The monoisotopic (exact) mass is 413 g/mol. The topological polar surface area (TPSA) is 149 Å². The first kappa shape index (κ1) is 22.6. The summed E-state index contributed by atoms with van der Waals surface area (Å²) in [6, 6.07) is 0.155. The van der Waals surface area contributed by atoms with E-state index >= 15 is 0 Å². The number of ether oxygens (including phenoxy) is 3. The van der Waals surface area contributed by atoms with E-state index in [9.17, 15) is 24.3 Å². The van der Waals surface area contributed by atoms with Gasteiger partial charge in [0, 0.05) is 18.7 Å². The predicted molar refractivity (Wildman–Crippen MR) is 100 cm³/mol. The summed E-state index contributed by atoms with van der Waals surface area (Å²) in [4.78, 5) is 49.3. The minimum atomic E-state index is -1.33. The Morgan fingerprint density at radius 3 is 2.62 bits per heavy atom. The SMILES string of the molecule is CCOC(=O)CC[C@H]1O[C@@H](n2ccc(=O)[nH]c2=O)[C@H](O)[C@@H]1NC(=O)OC(C)(C)C. The Morgan fingerprint density at radius 2 is 2.03 bits per heavy atom. The second-order valence-electron chi connectivity index (χ2n) is 7.59. The van der Waals surface area contributed by atoms with Crippen molar-refractivity contribution in [2.45, 2.75) is 70.6 Å².